The molecule has 3 atom stereocenters. The molecule has 2 unspecified atom stereocenters. The average Bonchev–Trinajstić information content (AvgIpc) is 3.29. The minimum atomic E-state index is -0.252. The zero-order valence-electron chi connectivity index (χ0n) is 18.4. The lowest BCUT2D eigenvalue weighted by atomic mass is 9.96. The predicted molar refractivity (Wildman–Crippen MR) is 127 cm³/mol. The molecule has 6 nitrogen and oxygen atoms in total. The average molecular weight is 454 g/mol. The molecule has 8 heteroatoms. The Balaban J connectivity index is 1.25. The van der Waals surface area contributed by atoms with Crippen molar-refractivity contribution in [1.82, 2.24) is 15.3 Å². The normalized spacial score (nSPS) is 21.2. The van der Waals surface area contributed by atoms with Gasteiger partial charge in [0.1, 0.15) is 21.0 Å². The Morgan fingerprint density at radius 2 is 2.09 bits per heavy atom. The molecule has 1 amide bonds. The quantitative estimate of drug-likeness (QED) is 0.595. The van der Waals surface area contributed by atoms with Crippen LogP contribution in [0.2, 0.25) is 0 Å². The van der Waals surface area contributed by atoms with Crippen molar-refractivity contribution in [3.63, 3.8) is 0 Å². The molecule has 1 aliphatic carbocycles. The number of benzene rings is 1. The number of halogens is 1. The van der Waals surface area contributed by atoms with E-state index in [1.54, 1.807) is 12.3 Å². The summed E-state index contributed by atoms with van der Waals surface area (Å²) in [7, 11) is 0. The van der Waals surface area contributed by atoms with Crippen LogP contribution in [0.25, 0.3) is 10.3 Å². The molecule has 3 N–H and O–H groups in total. The molecule has 168 valence electrons. The van der Waals surface area contributed by atoms with Crippen LogP contribution in [0.1, 0.15) is 53.0 Å². The number of amides is 1. The maximum absolute atomic E-state index is 15.0. The summed E-state index contributed by atoms with van der Waals surface area (Å²) < 4.78 is 15.0. The SMILES string of the molecule is Cc1cnc2c(N)c(C(=O)NC[C@H](C)c3ccc(N4CC5CCC(C5)C4)c(F)c3)sc2n1. The summed E-state index contributed by atoms with van der Waals surface area (Å²) in [5, 5.41) is 2.93. The van der Waals surface area contributed by atoms with Crippen molar-refractivity contribution >= 4 is 39.0 Å². The fourth-order valence-electron chi connectivity index (χ4n) is 5.07. The van der Waals surface area contributed by atoms with E-state index >= 15 is 0 Å². The number of aryl methyl sites for hydroxylation is 1. The Morgan fingerprint density at radius 1 is 1.34 bits per heavy atom. The van der Waals surface area contributed by atoms with Crippen molar-refractivity contribution in [1.29, 1.82) is 0 Å². The standard InChI is InChI=1S/C24H28FN5OS/c1-13(9-28-23(31)22-20(26)21-24(32-22)29-14(2)10-27-21)17-5-6-19(18(25)8-17)30-11-15-3-4-16(7-15)12-30/h5-6,8,10,13,15-16H,3-4,7,9,11-12,26H2,1-2H3,(H,28,31)/t13-,15?,16?/m0/s1. The van der Waals surface area contributed by atoms with Gasteiger partial charge in [-0.05, 0) is 61.6 Å². The van der Waals surface area contributed by atoms with Crippen molar-refractivity contribution < 1.29 is 9.18 Å². The topological polar surface area (TPSA) is 84.1 Å². The highest BCUT2D eigenvalue weighted by molar-refractivity contribution is 7.21. The Kier molecular flexibility index (Phi) is 5.49. The molecule has 0 radical (unpaired) electrons. The third-order valence-electron chi connectivity index (χ3n) is 6.82. The van der Waals surface area contributed by atoms with Gasteiger partial charge in [0.25, 0.3) is 5.91 Å². The third-order valence-corrected chi connectivity index (χ3v) is 7.91. The second kappa shape index (κ2) is 8.31. The molecule has 1 saturated carbocycles. The molecule has 2 aliphatic rings. The third kappa shape index (κ3) is 3.92. The molecule has 2 bridgehead atoms. The molecule has 0 spiro atoms. The first-order chi connectivity index (χ1) is 15.4. The maximum Gasteiger partial charge on any atom is 0.263 e. The van der Waals surface area contributed by atoms with Gasteiger partial charge in [0.15, 0.2) is 0 Å². The van der Waals surface area contributed by atoms with Gasteiger partial charge in [-0.1, -0.05) is 13.0 Å². The van der Waals surface area contributed by atoms with E-state index in [0.717, 1.165) is 24.3 Å². The van der Waals surface area contributed by atoms with Crippen LogP contribution in [0.5, 0.6) is 0 Å². The van der Waals surface area contributed by atoms with Gasteiger partial charge in [-0.3, -0.25) is 4.79 Å². The van der Waals surface area contributed by atoms with E-state index in [-0.39, 0.29) is 17.6 Å². The van der Waals surface area contributed by atoms with Gasteiger partial charge in [-0.15, -0.1) is 11.3 Å². The zero-order chi connectivity index (χ0) is 22.4. The number of nitrogen functional groups attached to an aromatic ring is 1. The molecule has 1 aromatic carbocycles. The number of nitrogens with two attached hydrogens (primary N) is 1. The number of nitrogens with one attached hydrogen (secondary N) is 1. The predicted octanol–water partition coefficient (Wildman–Crippen LogP) is 4.49. The highest BCUT2D eigenvalue weighted by Crippen LogP contribution is 2.39. The lowest BCUT2D eigenvalue weighted by molar-refractivity contribution is 0.0956. The van der Waals surface area contributed by atoms with Crippen LogP contribution >= 0.6 is 11.3 Å². The van der Waals surface area contributed by atoms with Crippen LogP contribution in [0.3, 0.4) is 0 Å². The number of hydrogen-bond acceptors (Lipinski definition) is 6. The van der Waals surface area contributed by atoms with Crippen LogP contribution in [-0.2, 0) is 0 Å². The number of rotatable bonds is 5. The van der Waals surface area contributed by atoms with Gasteiger partial charge in [0, 0.05) is 25.8 Å². The largest absolute Gasteiger partial charge is 0.396 e. The van der Waals surface area contributed by atoms with Gasteiger partial charge in [-0.25, -0.2) is 14.4 Å². The number of hydrogen-bond donors (Lipinski definition) is 2. The van der Waals surface area contributed by atoms with E-state index in [1.807, 2.05) is 26.0 Å². The van der Waals surface area contributed by atoms with E-state index in [9.17, 15) is 9.18 Å². The number of nitrogens with zero attached hydrogens (tertiary/aromatic N) is 3. The number of piperidine rings is 1. The summed E-state index contributed by atoms with van der Waals surface area (Å²) >= 11 is 1.24. The number of carbonyl (C=O) groups is 1. The first-order valence-corrected chi connectivity index (χ1v) is 12.0. The number of thiophene rings is 1. The van der Waals surface area contributed by atoms with Gasteiger partial charge in [-0.2, -0.15) is 0 Å². The highest BCUT2D eigenvalue weighted by Gasteiger charge is 2.33. The van der Waals surface area contributed by atoms with E-state index in [1.165, 1.54) is 30.6 Å². The van der Waals surface area contributed by atoms with Crippen molar-refractivity contribution in [2.45, 2.75) is 39.0 Å². The second-order valence-electron chi connectivity index (χ2n) is 9.28. The Hall–Kier alpha value is -2.74. The van der Waals surface area contributed by atoms with Crippen molar-refractivity contribution in [2.24, 2.45) is 11.8 Å². The van der Waals surface area contributed by atoms with E-state index < -0.39 is 0 Å². The van der Waals surface area contributed by atoms with Crippen molar-refractivity contribution in [2.75, 3.05) is 30.3 Å². The van der Waals surface area contributed by atoms with Crippen molar-refractivity contribution in [3.05, 3.63) is 46.3 Å². The van der Waals surface area contributed by atoms with Gasteiger partial charge < -0.3 is 16.0 Å². The summed E-state index contributed by atoms with van der Waals surface area (Å²) in [4.78, 5) is 24.7. The first-order valence-electron chi connectivity index (χ1n) is 11.2. The lowest BCUT2D eigenvalue weighted by Crippen LogP contribution is -2.36. The fraction of sp³-hybridized carbons (Fsp3) is 0.458. The monoisotopic (exact) mass is 453 g/mol. The molecule has 1 aliphatic heterocycles. The molecule has 1 saturated heterocycles. The summed E-state index contributed by atoms with van der Waals surface area (Å²) in [5.74, 6) is 0.949. The number of anilines is 2. The second-order valence-corrected chi connectivity index (χ2v) is 10.3. The van der Waals surface area contributed by atoms with E-state index in [0.29, 0.717) is 45.0 Å². The summed E-state index contributed by atoms with van der Waals surface area (Å²) in [6.45, 7) is 6.13. The van der Waals surface area contributed by atoms with E-state index in [4.69, 9.17) is 5.73 Å². The molecule has 2 fully saturated rings. The van der Waals surface area contributed by atoms with Crippen LogP contribution in [-0.4, -0.2) is 35.5 Å². The smallest absolute Gasteiger partial charge is 0.263 e. The van der Waals surface area contributed by atoms with Crippen molar-refractivity contribution in [3.8, 4) is 0 Å². The minimum absolute atomic E-state index is 0.0332. The number of carbonyl (C=O) groups excluding carboxylic acids is 1. The van der Waals surface area contributed by atoms with Gasteiger partial charge in [0.2, 0.25) is 0 Å². The Bertz CT molecular complexity index is 1170. The minimum Gasteiger partial charge on any atom is -0.396 e. The summed E-state index contributed by atoms with van der Waals surface area (Å²) in [6, 6.07) is 5.50. The Labute approximate surface area is 191 Å². The molecular weight excluding hydrogens is 425 g/mol. The molecule has 3 aromatic rings. The zero-order valence-corrected chi connectivity index (χ0v) is 19.2. The first kappa shape index (κ1) is 21.1. The highest BCUT2D eigenvalue weighted by atomic mass is 32.1. The maximum atomic E-state index is 15.0. The van der Waals surface area contributed by atoms with Gasteiger partial charge in [0.05, 0.1) is 17.1 Å². The van der Waals surface area contributed by atoms with Crippen LogP contribution in [0, 0.1) is 24.6 Å². The molecular formula is C24H28FN5OS. The van der Waals surface area contributed by atoms with Crippen LogP contribution in [0.15, 0.2) is 24.4 Å². The van der Waals surface area contributed by atoms with Crippen LogP contribution < -0.4 is 16.0 Å². The van der Waals surface area contributed by atoms with Crippen LogP contribution in [0.4, 0.5) is 15.8 Å². The fourth-order valence-corrected chi connectivity index (χ4v) is 6.09. The molecule has 3 heterocycles. The number of fused-ring (bicyclic) bond motifs is 3. The summed E-state index contributed by atoms with van der Waals surface area (Å²) in [5.41, 5.74) is 9.40. The summed E-state index contributed by atoms with van der Waals surface area (Å²) in [6.07, 6.45) is 5.48. The van der Waals surface area contributed by atoms with E-state index in [2.05, 4.69) is 20.2 Å². The lowest BCUT2D eigenvalue weighted by Gasteiger charge is -2.34. The van der Waals surface area contributed by atoms with Gasteiger partial charge >= 0.3 is 0 Å². The molecule has 2 aromatic heterocycles. The number of aromatic nitrogens is 2. The Morgan fingerprint density at radius 3 is 2.81 bits per heavy atom. The molecule has 5 rings (SSSR count). The molecule has 32 heavy (non-hydrogen) atoms.